The van der Waals surface area contributed by atoms with Crippen molar-refractivity contribution in [2.45, 2.75) is 13.5 Å². The normalized spacial score (nSPS) is 10.8. The van der Waals surface area contributed by atoms with Crippen molar-refractivity contribution in [2.24, 2.45) is 0 Å². The van der Waals surface area contributed by atoms with Crippen molar-refractivity contribution >= 4 is 27.4 Å². The first-order chi connectivity index (χ1) is 9.76. The first-order valence-electron chi connectivity index (χ1n) is 6.40. The predicted molar refractivity (Wildman–Crippen MR) is 81.4 cm³/mol. The van der Waals surface area contributed by atoms with Gasteiger partial charge < -0.3 is 9.88 Å². The van der Waals surface area contributed by atoms with Crippen molar-refractivity contribution in [1.82, 2.24) is 14.5 Å². The van der Waals surface area contributed by atoms with Gasteiger partial charge in [0.2, 0.25) is 0 Å². The standard InChI is InChI=1S/C14H14N4OS/c1-2-15-13-11-5-8-20-14(11)17-12(16-13)9-18-6-3-10(19)4-7-18/h3-8H,2,9H2,1H3,(H,15,16,17). The summed E-state index contributed by atoms with van der Waals surface area (Å²) in [5.41, 5.74) is 0.00390. The number of pyridine rings is 1. The van der Waals surface area contributed by atoms with Crippen molar-refractivity contribution in [1.29, 1.82) is 0 Å². The molecule has 0 saturated carbocycles. The molecule has 0 aromatic carbocycles. The summed E-state index contributed by atoms with van der Waals surface area (Å²) in [5.74, 6) is 1.61. The largest absolute Gasteiger partial charge is 0.370 e. The van der Waals surface area contributed by atoms with Gasteiger partial charge in [-0.15, -0.1) is 11.3 Å². The first-order valence-corrected chi connectivity index (χ1v) is 7.28. The molecule has 0 aliphatic carbocycles. The molecular weight excluding hydrogens is 272 g/mol. The van der Waals surface area contributed by atoms with Crippen molar-refractivity contribution in [2.75, 3.05) is 11.9 Å². The van der Waals surface area contributed by atoms with Crippen molar-refractivity contribution < 1.29 is 0 Å². The molecule has 3 heterocycles. The molecule has 5 nitrogen and oxygen atoms in total. The third-order valence-corrected chi connectivity index (χ3v) is 3.71. The molecule has 0 amide bonds. The van der Waals surface area contributed by atoms with E-state index in [1.165, 1.54) is 12.1 Å². The molecule has 0 radical (unpaired) electrons. The fraction of sp³-hybridized carbons (Fsp3) is 0.214. The van der Waals surface area contributed by atoms with E-state index < -0.39 is 0 Å². The topological polar surface area (TPSA) is 59.8 Å². The molecule has 0 fully saturated rings. The highest BCUT2D eigenvalue weighted by Gasteiger charge is 2.08. The summed E-state index contributed by atoms with van der Waals surface area (Å²) in [5, 5.41) is 6.34. The van der Waals surface area contributed by atoms with Crippen LogP contribution in [0.1, 0.15) is 12.7 Å². The molecule has 20 heavy (non-hydrogen) atoms. The summed E-state index contributed by atoms with van der Waals surface area (Å²) in [7, 11) is 0. The SMILES string of the molecule is CCNc1nc(Cn2ccc(=O)cc2)nc2sccc12. The highest BCUT2D eigenvalue weighted by atomic mass is 32.1. The molecule has 0 atom stereocenters. The Morgan fingerprint density at radius 1 is 1.25 bits per heavy atom. The summed E-state index contributed by atoms with van der Waals surface area (Å²) in [6.07, 6.45) is 3.49. The van der Waals surface area contributed by atoms with Crippen molar-refractivity contribution in [3.8, 4) is 0 Å². The fourth-order valence-corrected chi connectivity index (χ4v) is 2.77. The molecule has 0 unspecified atom stereocenters. The number of nitrogens with zero attached hydrogens (tertiary/aromatic N) is 3. The van der Waals surface area contributed by atoms with Crippen LogP contribution in [0.15, 0.2) is 40.8 Å². The van der Waals surface area contributed by atoms with Crippen LogP contribution in [0.4, 0.5) is 5.82 Å². The van der Waals surface area contributed by atoms with Crippen molar-refractivity contribution in [3.63, 3.8) is 0 Å². The van der Waals surface area contributed by atoms with Gasteiger partial charge in [-0.25, -0.2) is 9.97 Å². The smallest absolute Gasteiger partial charge is 0.181 e. The second kappa shape index (κ2) is 5.42. The molecule has 6 heteroatoms. The summed E-state index contributed by atoms with van der Waals surface area (Å²) < 4.78 is 1.89. The number of aromatic nitrogens is 3. The Bertz CT molecular complexity index is 773. The summed E-state index contributed by atoms with van der Waals surface area (Å²) in [6.45, 7) is 3.41. The fourth-order valence-electron chi connectivity index (χ4n) is 1.98. The van der Waals surface area contributed by atoms with E-state index in [9.17, 15) is 4.79 Å². The van der Waals surface area contributed by atoms with E-state index in [4.69, 9.17) is 0 Å². The average molecular weight is 286 g/mol. The minimum atomic E-state index is 0.00390. The number of fused-ring (bicyclic) bond motifs is 1. The van der Waals surface area contributed by atoms with Gasteiger partial charge in [-0.2, -0.15) is 0 Å². The zero-order chi connectivity index (χ0) is 13.9. The average Bonchev–Trinajstić information content (AvgIpc) is 2.90. The van der Waals surface area contributed by atoms with E-state index in [1.807, 2.05) is 22.9 Å². The lowest BCUT2D eigenvalue weighted by molar-refractivity contribution is 0.743. The highest BCUT2D eigenvalue weighted by molar-refractivity contribution is 7.16. The molecule has 0 spiro atoms. The predicted octanol–water partition coefficient (Wildman–Crippen LogP) is 2.33. The molecule has 0 aliphatic heterocycles. The number of anilines is 1. The van der Waals surface area contributed by atoms with Gasteiger partial charge in [-0.05, 0) is 18.4 Å². The molecule has 1 N–H and O–H groups in total. The van der Waals surface area contributed by atoms with Crippen LogP contribution in [0.25, 0.3) is 10.2 Å². The quantitative estimate of drug-likeness (QED) is 0.799. The number of thiophene rings is 1. The van der Waals surface area contributed by atoms with E-state index in [1.54, 1.807) is 23.7 Å². The maximum atomic E-state index is 11.1. The van der Waals surface area contributed by atoms with E-state index >= 15 is 0 Å². The molecule has 0 saturated heterocycles. The number of rotatable bonds is 4. The number of hydrogen-bond acceptors (Lipinski definition) is 5. The zero-order valence-electron chi connectivity index (χ0n) is 11.0. The Labute approximate surface area is 119 Å². The molecule has 0 bridgehead atoms. The Kier molecular flexibility index (Phi) is 3.47. The minimum Gasteiger partial charge on any atom is -0.370 e. The van der Waals surface area contributed by atoms with Gasteiger partial charge in [0, 0.05) is 31.1 Å². The van der Waals surface area contributed by atoms with E-state index in [-0.39, 0.29) is 5.43 Å². The van der Waals surface area contributed by atoms with Gasteiger partial charge in [0.25, 0.3) is 0 Å². The van der Waals surface area contributed by atoms with E-state index in [2.05, 4.69) is 15.3 Å². The summed E-state index contributed by atoms with van der Waals surface area (Å²) in [4.78, 5) is 21.2. The Balaban J connectivity index is 1.98. The van der Waals surface area contributed by atoms with Gasteiger partial charge in [-0.1, -0.05) is 0 Å². The Hall–Kier alpha value is -2.21. The van der Waals surface area contributed by atoms with E-state index in [0.29, 0.717) is 6.54 Å². The second-order valence-corrected chi connectivity index (χ2v) is 5.26. The molecule has 3 rings (SSSR count). The second-order valence-electron chi connectivity index (χ2n) is 4.36. The summed E-state index contributed by atoms with van der Waals surface area (Å²) in [6, 6.07) is 5.10. The number of hydrogen-bond donors (Lipinski definition) is 1. The van der Waals surface area contributed by atoms with Gasteiger partial charge in [-0.3, -0.25) is 4.79 Å². The van der Waals surface area contributed by atoms with Crippen LogP contribution in [0.3, 0.4) is 0 Å². The summed E-state index contributed by atoms with van der Waals surface area (Å²) >= 11 is 1.60. The van der Waals surface area contributed by atoms with Crippen LogP contribution < -0.4 is 10.7 Å². The third kappa shape index (κ3) is 2.55. The monoisotopic (exact) mass is 286 g/mol. The van der Waals surface area contributed by atoms with Crippen LogP contribution in [0, 0.1) is 0 Å². The van der Waals surface area contributed by atoms with E-state index in [0.717, 1.165) is 28.4 Å². The van der Waals surface area contributed by atoms with Gasteiger partial charge in [0.05, 0.1) is 11.9 Å². The zero-order valence-corrected chi connectivity index (χ0v) is 11.9. The lowest BCUT2D eigenvalue weighted by Crippen LogP contribution is -2.09. The molecule has 102 valence electrons. The lowest BCUT2D eigenvalue weighted by atomic mass is 10.3. The maximum Gasteiger partial charge on any atom is 0.181 e. The highest BCUT2D eigenvalue weighted by Crippen LogP contribution is 2.25. The molecular formula is C14H14N4OS. The first kappa shape index (κ1) is 12.8. The van der Waals surface area contributed by atoms with Gasteiger partial charge in [0.1, 0.15) is 10.6 Å². The van der Waals surface area contributed by atoms with Crippen LogP contribution in [-0.4, -0.2) is 21.1 Å². The lowest BCUT2D eigenvalue weighted by Gasteiger charge is -2.08. The molecule has 3 aromatic heterocycles. The van der Waals surface area contributed by atoms with Crippen LogP contribution in [0.5, 0.6) is 0 Å². The Morgan fingerprint density at radius 2 is 2.05 bits per heavy atom. The number of nitrogens with one attached hydrogen (secondary N) is 1. The van der Waals surface area contributed by atoms with Crippen LogP contribution >= 0.6 is 11.3 Å². The maximum absolute atomic E-state index is 11.1. The van der Waals surface area contributed by atoms with Gasteiger partial charge in [0.15, 0.2) is 11.3 Å². The molecule has 3 aromatic rings. The third-order valence-electron chi connectivity index (χ3n) is 2.90. The Morgan fingerprint density at radius 3 is 2.80 bits per heavy atom. The molecule has 0 aliphatic rings. The van der Waals surface area contributed by atoms with Crippen LogP contribution in [-0.2, 0) is 6.54 Å². The van der Waals surface area contributed by atoms with Gasteiger partial charge >= 0.3 is 0 Å². The van der Waals surface area contributed by atoms with Crippen LogP contribution in [0.2, 0.25) is 0 Å². The minimum absolute atomic E-state index is 0.00390. The van der Waals surface area contributed by atoms with Crippen molar-refractivity contribution in [3.05, 3.63) is 52.0 Å².